The van der Waals surface area contributed by atoms with Crippen molar-refractivity contribution < 1.29 is 8.42 Å². The smallest absolute Gasteiger partial charge is 0.156 e. The molecule has 98 valence electrons. The molecule has 1 aliphatic heterocycles. The number of rotatable bonds is 3. The molecule has 4 nitrogen and oxygen atoms in total. The molecule has 0 aromatic carbocycles. The quantitative estimate of drug-likeness (QED) is 0.844. The van der Waals surface area contributed by atoms with E-state index < -0.39 is 9.84 Å². The summed E-state index contributed by atoms with van der Waals surface area (Å²) >= 11 is 1.75. The average molecular weight is 276 g/mol. The maximum Gasteiger partial charge on any atom is 0.156 e. The lowest BCUT2D eigenvalue weighted by Gasteiger charge is -2.31. The van der Waals surface area contributed by atoms with E-state index in [1.54, 1.807) is 11.8 Å². The van der Waals surface area contributed by atoms with Crippen LogP contribution >= 0.6 is 11.8 Å². The molecule has 1 spiro atoms. The first kappa shape index (κ1) is 13.2. The number of amidine groups is 1. The van der Waals surface area contributed by atoms with Crippen LogP contribution in [-0.4, -0.2) is 44.4 Å². The molecule has 2 rings (SSSR count). The SMILES string of the molecule is CS(=O)(=O)CCNC1=NCC2(CCCC2)CS1. The minimum absolute atomic E-state index is 0.178. The number of nitrogens with one attached hydrogen (secondary N) is 1. The van der Waals surface area contributed by atoms with Gasteiger partial charge >= 0.3 is 0 Å². The molecule has 2 aliphatic rings. The highest BCUT2D eigenvalue weighted by molar-refractivity contribution is 8.13. The molecule has 1 aliphatic carbocycles. The van der Waals surface area contributed by atoms with Gasteiger partial charge in [0.05, 0.1) is 5.75 Å². The minimum Gasteiger partial charge on any atom is -0.364 e. The van der Waals surface area contributed by atoms with Crippen molar-refractivity contribution in [2.24, 2.45) is 10.4 Å². The van der Waals surface area contributed by atoms with Gasteiger partial charge in [-0.3, -0.25) is 4.99 Å². The van der Waals surface area contributed by atoms with Crippen molar-refractivity contribution in [3.05, 3.63) is 0 Å². The van der Waals surface area contributed by atoms with Crippen LogP contribution in [0.4, 0.5) is 0 Å². The summed E-state index contributed by atoms with van der Waals surface area (Å²) in [6, 6.07) is 0. The Bertz CT molecular complexity index is 398. The van der Waals surface area contributed by atoms with Gasteiger partial charge in [0.1, 0.15) is 9.84 Å². The molecule has 1 fully saturated rings. The lowest BCUT2D eigenvalue weighted by atomic mass is 9.89. The van der Waals surface area contributed by atoms with Gasteiger partial charge in [0.15, 0.2) is 5.17 Å². The molecule has 0 aromatic heterocycles. The molecule has 0 unspecified atom stereocenters. The van der Waals surface area contributed by atoms with E-state index in [0.717, 1.165) is 17.5 Å². The van der Waals surface area contributed by atoms with E-state index in [1.807, 2.05) is 0 Å². The minimum atomic E-state index is -2.87. The summed E-state index contributed by atoms with van der Waals surface area (Å²) < 4.78 is 22.0. The molecule has 0 radical (unpaired) electrons. The predicted octanol–water partition coefficient (Wildman–Crippen LogP) is 1.28. The third kappa shape index (κ3) is 3.88. The van der Waals surface area contributed by atoms with Gasteiger partial charge in [-0.25, -0.2) is 8.42 Å². The first-order chi connectivity index (χ1) is 7.99. The summed E-state index contributed by atoms with van der Waals surface area (Å²) in [5.41, 5.74) is 0.451. The Hall–Kier alpha value is -0.230. The van der Waals surface area contributed by atoms with Crippen molar-refractivity contribution in [1.82, 2.24) is 5.32 Å². The fraction of sp³-hybridized carbons (Fsp3) is 0.909. The maximum atomic E-state index is 11.0. The summed E-state index contributed by atoms with van der Waals surface area (Å²) in [5, 5.41) is 4.04. The lowest BCUT2D eigenvalue weighted by molar-refractivity contribution is 0.358. The van der Waals surface area contributed by atoms with Crippen LogP contribution in [0.5, 0.6) is 0 Å². The third-order valence-corrected chi connectivity index (χ3v) is 5.74. The number of thioether (sulfide) groups is 1. The number of aliphatic imine (C=N–C) groups is 1. The molecular formula is C11H20N2O2S2. The molecule has 0 atom stereocenters. The van der Waals surface area contributed by atoms with Gasteiger partial charge in [-0.1, -0.05) is 24.6 Å². The van der Waals surface area contributed by atoms with Crippen LogP contribution in [0.2, 0.25) is 0 Å². The van der Waals surface area contributed by atoms with Crippen LogP contribution in [0.1, 0.15) is 25.7 Å². The second kappa shape index (κ2) is 5.18. The number of hydrogen-bond acceptors (Lipinski definition) is 5. The van der Waals surface area contributed by atoms with Crippen molar-refractivity contribution in [2.75, 3.05) is 30.9 Å². The zero-order valence-electron chi connectivity index (χ0n) is 10.2. The average Bonchev–Trinajstić information content (AvgIpc) is 2.68. The largest absolute Gasteiger partial charge is 0.364 e. The first-order valence-electron chi connectivity index (χ1n) is 6.08. The monoisotopic (exact) mass is 276 g/mol. The summed E-state index contributed by atoms with van der Waals surface area (Å²) in [5.74, 6) is 1.31. The molecule has 1 heterocycles. The van der Waals surface area contributed by atoms with Crippen molar-refractivity contribution >= 4 is 26.8 Å². The van der Waals surface area contributed by atoms with Crippen LogP contribution in [0.25, 0.3) is 0 Å². The predicted molar refractivity (Wildman–Crippen MR) is 73.4 cm³/mol. The second-order valence-electron chi connectivity index (χ2n) is 5.17. The van der Waals surface area contributed by atoms with Gasteiger partial charge in [-0.05, 0) is 18.3 Å². The van der Waals surface area contributed by atoms with Gasteiger partial charge in [0.25, 0.3) is 0 Å². The maximum absolute atomic E-state index is 11.0. The third-order valence-electron chi connectivity index (χ3n) is 3.49. The van der Waals surface area contributed by atoms with Crippen LogP contribution in [0, 0.1) is 5.41 Å². The Morgan fingerprint density at radius 3 is 2.65 bits per heavy atom. The highest BCUT2D eigenvalue weighted by Gasteiger charge is 2.36. The Morgan fingerprint density at radius 2 is 2.12 bits per heavy atom. The Balaban J connectivity index is 1.78. The highest BCUT2D eigenvalue weighted by Crippen LogP contribution is 2.43. The van der Waals surface area contributed by atoms with Crippen molar-refractivity contribution in [3.63, 3.8) is 0 Å². The van der Waals surface area contributed by atoms with E-state index in [-0.39, 0.29) is 5.75 Å². The van der Waals surface area contributed by atoms with Crippen molar-refractivity contribution in [2.45, 2.75) is 25.7 Å². The zero-order chi connectivity index (χ0) is 12.4. The zero-order valence-corrected chi connectivity index (χ0v) is 11.9. The number of nitrogens with zero attached hydrogens (tertiary/aromatic N) is 1. The van der Waals surface area contributed by atoms with Crippen LogP contribution < -0.4 is 5.32 Å². The van der Waals surface area contributed by atoms with Crippen molar-refractivity contribution in [3.8, 4) is 0 Å². The molecule has 1 N–H and O–H groups in total. The molecule has 0 aromatic rings. The first-order valence-corrected chi connectivity index (χ1v) is 9.13. The summed E-state index contributed by atoms with van der Waals surface area (Å²) in [6.07, 6.45) is 6.55. The lowest BCUT2D eigenvalue weighted by Crippen LogP contribution is -2.35. The van der Waals surface area contributed by atoms with E-state index in [9.17, 15) is 8.42 Å². The summed E-state index contributed by atoms with van der Waals surface area (Å²) in [6.45, 7) is 1.39. The van der Waals surface area contributed by atoms with Gasteiger partial charge < -0.3 is 5.32 Å². The van der Waals surface area contributed by atoms with Gasteiger partial charge in [-0.15, -0.1) is 0 Å². The van der Waals surface area contributed by atoms with E-state index in [2.05, 4.69) is 10.3 Å². The van der Waals surface area contributed by atoms with E-state index in [4.69, 9.17) is 0 Å². The second-order valence-corrected chi connectivity index (χ2v) is 8.40. The van der Waals surface area contributed by atoms with Gasteiger partial charge in [-0.2, -0.15) is 0 Å². The molecule has 0 saturated heterocycles. The molecule has 0 bridgehead atoms. The van der Waals surface area contributed by atoms with Crippen molar-refractivity contribution in [1.29, 1.82) is 0 Å². The molecular weight excluding hydrogens is 256 g/mol. The highest BCUT2D eigenvalue weighted by atomic mass is 32.2. The topological polar surface area (TPSA) is 58.5 Å². The number of sulfone groups is 1. The molecule has 1 saturated carbocycles. The Kier molecular flexibility index (Phi) is 4.02. The molecule has 0 amide bonds. The molecule has 6 heteroatoms. The van der Waals surface area contributed by atoms with E-state index in [0.29, 0.717) is 12.0 Å². The summed E-state index contributed by atoms with van der Waals surface area (Å²) in [4.78, 5) is 4.56. The Morgan fingerprint density at radius 1 is 1.41 bits per heavy atom. The van der Waals surface area contributed by atoms with Gasteiger partial charge in [0, 0.05) is 25.1 Å². The summed E-state index contributed by atoms with van der Waals surface area (Å²) in [7, 11) is -2.87. The Labute approximate surface area is 108 Å². The number of hydrogen-bond donors (Lipinski definition) is 1. The fourth-order valence-corrected chi connectivity index (χ4v) is 4.09. The van der Waals surface area contributed by atoms with E-state index in [1.165, 1.54) is 31.9 Å². The van der Waals surface area contributed by atoms with Crippen LogP contribution in [0.15, 0.2) is 4.99 Å². The fourth-order valence-electron chi connectivity index (χ4n) is 2.43. The van der Waals surface area contributed by atoms with E-state index >= 15 is 0 Å². The normalized spacial score (nSPS) is 23.7. The standard InChI is InChI=1S/C11H20N2O2S2/c1-17(14,15)7-6-12-10-13-8-11(9-16-10)4-2-3-5-11/h2-9H2,1H3,(H,12,13). The van der Waals surface area contributed by atoms with Crippen LogP contribution in [-0.2, 0) is 9.84 Å². The molecule has 17 heavy (non-hydrogen) atoms. The van der Waals surface area contributed by atoms with Crippen LogP contribution in [0.3, 0.4) is 0 Å². The van der Waals surface area contributed by atoms with Gasteiger partial charge in [0.2, 0.25) is 0 Å².